The van der Waals surface area contributed by atoms with Crippen LogP contribution in [0.1, 0.15) is 44.1 Å². The first-order valence-corrected chi connectivity index (χ1v) is 9.45. The molecule has 0 spiro atoms. The van der Waals surface area contributed by atoms with Crippen LogP contribution in [0.3, 0.4) is 0 Å². The Labute approximate surface area is 153 Å². The van der Waals surface area contributed by atoms with E-state index in [-0.39, 0.29) is 12.0 Å². The Bertz CT molecular complexity index is 693. The Kier molecular flexibility index (Phi) is 4.85. The van der Waals surface area contributed by atoms with Gasteiger partial charge in [0, 0.05) is 37.7 Å². The lowest BCUT2D eigenvalue weighted by atomic mass is 9.74. The summed E-state index contributed by atoms with van der Waals surface area (Å²) in [5.74, 6) is 0.959. The SMILES string of the molecule is COc1ccccc1C1=NO[C@H](CC2(C(=O)NC3CC3)CCOCC2)C1. The average molecular weight is 358 g/mol. The van der Waals surface area contributed by atoms with E-state index < -0.39 is 5.41 Å². The standard InChI is InChI=1S/C20H26N2O4/c1-24-18-5-3-2-4-16(18)17-12-15(26-22-17)13-20(8-10-25-11-9-20)19(23)21-14-6-7-14/h2-5,14-15H,6-13H2,1H3,(H,21,23)/t15-/m0/s1. The number of carbonyl (C=O) groups excluding carboxylic acids is 1. The first kappa shape index (κ1) is 17.3. The third-order valence-electron chi connectivity index (χ3n) is 5.61. The van der Waals surface area contributed by atoms with E-state index in [2.05, 4.69) is 10.5 Å². The summed E-state index contributed by atoms with van der Waals surface area (Å²) in [4.78, 5) is 18.7. The van der Waals surface area contributed by atoms with Crippen LogP contribution in [0, 0.1) is 5.41 Å². The number of oxime groups is 1. The minimum atomic E-state index is -0.406. The van der Waals surface area contributed by atoms with Gasteiger partial charge in [-0.05, 0) is 37.8 Å². The van der Waals surface area contributed by atoms with Gasteiger partial charge in [-0.1, -0.05) is 17.3 Å². The molecule has 26 heavy (non-hydrogen) atoms. The Morgan fingerprint density at radius 3 is 2.81 bits per heavy atom. The fourth-order valence-electron chi connectivity index (χ4n) is 3.87. The van der Waals surface area contributed by atoms with Crippen molar-refractivity contribution >= 4 is 11.6 Å². The van der Waals surface area contributed by atoms with Crippen LogP contribution in [-0.2, 0) is 14.4 Å². The van der Waals surface area contributed by atoms with Crippen molar-refractivity contribution in [3.05, 3.63) is 29.8 Å². The molecule has 2 fully saturated rings. The number of carbonyl (C=O) groups is 1. The van der Waals surface area contributed by atoms with E-state index in [4.69, 9.17) is 14.3 Å². The number of hydrogen-bond acceptors (Lipinski definition) is 5. The summed E-state index contributed by atoms with van der Waals surface area (Å²) in [7, 11) is 1.66. The van der Waals surface area contributed by atoms with E-state index in [1.807, 2.05) is 24.3 Å². The normalized spacial score (nSPS) is 24.5. The third-order valence-corrected chi connectivity index (χ3v) is 5.61. The molecule has 2 aliphatic heterocycles. The molecule has 140 valence electrons. The van der Waals surface area contributed by atoms with Crippen molar-refractivity contribution in [3.8, 4) is 5.75 Å². The van der Waals surface area contributed by atoms with E-state index in [1.54, 1.807) is 7.11 Å². The molecule has 1 amide bonds. The monoisotopic (exact) mass is 358 g/mol. The summed E-state index contributed by atoms with van der Waals surface area (Å²) in [6.45, 7) is 1.26. The third kappa shape index (κ3) is 3.56. The number of nitrogens with one attached hydrogen (secondary N) is 1. The number of methoxy groups -OCH3 is 1. The predicted molar refractivity (Wildman–Crippen MR) is 97.3 cm³/mol. The summed E-state index contributed by atoms with van der Waals surface area (Å²) in [5, 5.41) is 7.49. The van der Waals surface area contributed by atoms with Gasteiger partial charge in [-0.2, -0.15) is 0 Å². The molecule has 1 saturated heterocycles. The summed E-state index contributed by atoms with van der Waals surface area (Å²) in [5.41, 5.74) is 1.44. The van der Waals surface area contributed by atoms with Crippen molar-refractivity contribution in [2.45, 2.75) is 50.7 Å². The lowest BCUT2D eigenvalue weighted by Gasteiger charge is -2.37. The van der Waals surface area contributed by atoms with E-state index in [0.717, 1.165) is 42.7 Å². The zero-order valence-corrected chi connectivity index (χ0v) is 15.2. The van der Waals surface area contributed by atoms with Gasteiger partial charge in [-0.3, -0.25) is 4.79 Å². The number of para-hydroxylation sites is 1. The highest BCUT2D eigenvalue weighted by Gasteiger charge is 2.45. The molecule has 6 heteroatoms. The maximum Gasteiger partial charge on any atom is 0.226 e. The highest BCUT2D eigenvalue weighted by Crippen LogP contribution is 2.40. The van der Waals surface area contributed by atoms with Gasteiger partial charge < -0.3 is 19.6 Å². The molecule has 4 rings (SSSR count). The zero-order chi connectivity index (χ0) is 18.0. The highest BCUT2D eigenvalue weighted by molar-refractivity contribution is 6.03. The molecule has 1 aromatic carbocycles. The highest BCUT2D eigenvalue weighted by atomic mass is 16.6. The van der Waals surface area contributed by atoms with Crippen LogP contribution < -0.4 is 10.1 Å². The van der Waals surface area contributed by atoms with E-state index in [9.17, 15) is 4.79 Å². The summed E-state index contributed by atoms with van der Waals surface area (Å²) >= 11 is 0. The fourth-order valence-corrected chi connectivity index (χ4v) is 3.87. The lowest BCUT2D eigenvalue weighted by molar-refractivity contribution is -0.140. The van der Waals surface area contributed by atoms with Gasteiger partial charge in [-0.15, -0.1) is 0 Å². The first-order chi connectivity index (χ1) is 12.7. The molecule has 2 heterocycles. The van der Waals surface area contributed by atoms with Gasteiger partial charge in [0.25, 0.3) is 0 Å². The molecule has 0 aromatic heterocycles. The Hall–Kier alpha value is -2.08. The Balaban J connectivity index is 1.45. The van der Waals surface area contributed by atoms with Gasteiger partial charge in [0.1, 0.15) is 11.9 Å². The van der Waals surface area contributed by atoms with Gasteiger partial charge in [-0.25, -0.2) is 0 Å². The molecular weight excluding hydrogens is 332 g/mol. The molecule has 0 radical (unpaired) electrons. The van der Waals surface area contributed by atoms with Crippen molar-refractivity contribution in [1.29, 1.82) is 0 Å². The van der Waals surface area contributed by atoms with Gasteiger partial charge in [0.15, 0.2) is 0 Å². The van der Waals surface area contributed by atoms with Gasteiger partial charge >= 0.3 is 0 Å². The van der Waals surface area contributed by atoms with Crippen molar-refractivity contribution < 1.29 is 19.1 Å². The van der Waals surface area contributed by atoms with Gasteiger partial charge in [0.2, 0.25) is 5.91 Å². The van der Waals surface area contributed by atoms with Crippen LogP contribution in [0.2, 0.25) is 0 Å². The van der Waals surface area contributed by atoms with Crippen LogP contribution in [0.15, 0.2) is 29.4 Å². The molecule has 1 N–H and O–H groups in total. The number of rotatable bonds is 6. The van der Waals surface area contributed by atoms with Gasteiger partial charge in [0.05, 0.1) is 18.2 Å². The minimum Gasteiger partial charge on any atom is -0.496 e. The average Bonchev–Trinajstić information content (AvgIpc) is 3.38. The Morgan fingerprint density at radius 2 is 2.08 bits per heavy atom. The molecule has 1 aromatic rings. The molecule has 1 aliphatic carbocycles. The van der Waals surface area contributed by atoms with Crippen molar-refractivity contribution in [2.75, 3.05) is 20.3 Å². The summed E-state index contributed by atoms with van der Waals surface area (Å²) < 4.78 is 10.9. The van der Waals surface area contributed by atoms with Crippen LogP contribution in [0.5, 0.6) is 5.75 Å². The van der Waals surface area contributed by atoms with E-state index in [1.165, 1.54) is 0 Å². The first-order valence-electron chi connectivity index (χ1n) is 9.45. The number of nitrogens with zero attached hydrogens (tertiary/aromatic N) is 1. The molecule has 6 nitrogen and oxygen atoms in total. The summed E-state index contributed by atoms with van der Waals surface area (Å²) in [6.07, 6.45) is 4.97. The smallest absolute Gasteiger partial charge is 0.226 e. The lowest BCUT2D eigenvalue weighted by Crippen LogP contribution is -2.47. The molecular formula is C20H26N2O4. The maximum atomic E-state index is 12.9. The predicted octanol–water partition coefficient (Wildman–Crippen LogP) is 2.65. The molecule has 3 aliphatic rings. The van der Waals surface area contributed by atoms with Crippen molar-refractivity contribution in [3.63, 3.8) is 0 Å². The van der Waals surface area contributed by atoms with E-state index >= 15 is 0 Å². The zero-order valence-electron chi connectivity index (χ0n) is 15.2. The Morgan fingerprint density at radius 1 is 1.31 bits per heavy atom. The topological polar surface area (TPSA) is 69.2 Å². The number of amides is 1. The van der Waals surface area contributed by atoms with Crippen LogP contribution in [0.25, 0.3) is 0 Å². The number of benzene rings is 1. The van der Waals surface area contributed by atoms with E-state index in [0.29, 0.717) is 32.1 Å². The molecule has 0 unspecified atom stereocenters. The quantitative estimate of drug-likeness (QED) is 0.849. The van der Waals surface area contributed by atoms with Crippen molar-refractivity contribution in [2.24, 2.45) is 10.6 Å². The summed E-state index contributed by atoms with van der Waals surface area (Å²) in [6, 6.07) is 8.19. The second-order valence-corrected chi connectivity index (χ2v) is 7.51. The fraction of sp³-hybridized carbons (Fsp3) is 0.600. The van der Waals surface area contributed by atoms with Crippen LogP contribution >= 0.6 is 0 Å². The number of hydrogen-bond donors (Lipinski definition) is 1. The number of ether oxygens (including phenoxy) is 2. The molecule has 0 bridgehead atoms. The largest absolute Gasteiger partial charge is 0.496 e. The minimum absolute atomic E-state index is 0.0852. The van der Waals surface area contributed by atoms with Crippen LogP contribution in [0.4, 0.5) is 0 Å². The van der Waals surface area contributed by atoms with Crippen LogP contribution in [-0.4, -0.2) is 44.1 Å². The van der Waals surface area contributed by atoms with Crippen molar-refractivity contribution in [1.82, 2.24) is 5.32 Å². The maximum absolute atomic E-state index is 12.9. The second-order valence-electron chi connectivity index (χ2n) is 7.51. The molecule has 1 atom stereocenters. The second kappa shape index (κ2) is 7.27. The molecule has 1 saturated carbocycles.